The minimum Gasteiger partial charge on any atom is -0.356 e. The molecule has 0 radical (unpaired) electrons. The second-order valence-electron chi connectivity index (χ2n) is 8.43. The van der Waals surface area contributed by atoms with Gasteiger partial charge < -0.3 is 15.5 Å². The zero-order valence-electron chi connectivity index (χ0n) is 16.8. The maximum Gasteiger partial charge on any atom is 0.191 e. The second kappa shape index (κ2) is 7.65. The van der Waals surface area contributed by atoms with Gasteiger partial charge in [-0.1, -0.05) is 24.3 Å². The molecule has 1 saturated carbocycles. The Morgan fingerprint density at radius 1 is 1.24 bits per heavy atom. The van der Waals surface area contributed by atoms with E-state index in [1.807, 2.05) is 11.9 Å². The molecule has 1 saturated heterocycles. The van der Waals surface area contributed by atoms with Gasteiger partial charge in [0.1, 0.15) is 0 Å². The van der Waals surface area contributed by atoms with E-state index >= 15 is 0 Å². The molecule has 3 aliphatic rings. The molecule has 4 unspecified atom stereocenters. The molecule has 5 rings (SSSR count). The lowest BCUT2D eigenvalue weighted by Gasteiger charge is -2.20. The third-order valence-electron chi connectivity index (χ3n) is 6.79. The average molecular weight is 394 g/mol. The predicted octanol–water partition coefficient (Wildman–Crippen LogP) is 2.94. The van der Waals surface area contributed by atoms with Crippen LogP contribution < -0.4 is 15.5 Å². The second-order valence-corrected chi connectivity index (χ2v) is 8.43. The van der Waals surface area contributed by atoms with Crippen molar-refractivity contribution in [2.45, 2.75) is 31.2 Å². The molecule has 2 aliphatic carbocycles. The molecule has 1 aromatic carbocycles. The summed E-state index contributed by atoms with van der Waals surface area (Å²) in [4.78, 5) is 10.6. The van der Waals surface area contributed by atoms with Crippen LogP contribution in [0.3, 0.4) is 0 Å². The number of anilines is 1. The summed E-state index contributed by atoms with van der Waals surface area (Å²) in [6.07, 6.45) is 5.10. The highest BCUT2D eigenvalue weighted by Crippen LogP contribution is 2.59. The van der Waals surface area contributed by atoms with Gasteiger partial charge in [0, 0.05) is 38.9 Å². The third kappa shape index (κ3) is 3.56. The maximum atomic E-state index is 14.0. The normalized spacial score (nSPS) is 27.9. The van der Waals surface area contributed by atoms with Gasteiger partial charge in [-0.2, -0.15) is 0 Å². The smallest absolute Gasteiger partial charge is 0.191 e. The Morgan fingerprint density at radius 3 is 3.00 bits per heavy atom. The molecule has 5 nitrogen and oxygen atoms in total. The van der Waals surface area contributed by atoms with Crippen molar-refractivity contribution in [1.82, 2.24) is 15.6 Å². The van der Waals surface area contributed by atoms with Crippen LogP contribution in [0.25, 0.3) is 0 Å². The van der Waals surface area contributed by atoms with Crippen molar-refractivity contribution < 1.29 is 4.39 Å². The molecule has 29 heavy (non-hydrogen) atoms. The van der Waals surface area contributed by atoms with Crippen LogP contribution in [-0.2, 0) is 6.42 Å². The van der Waals surface area contributed by atoms with Crippen LogP contribution in [0.15, 0.2) is 47.6 Å². The topological polar surface area (TPSA) is 52.6 Å². The van der Waals surface area contributed by atoms with Gasteiger partial charge in [-0.15, -0.1) is 0 Å². The van der Waals surface area contributed by atoms with Crippen LogP contribution in [0.1, 0.15) is 29.9 Å². The molecule has 2 fully saturated rings. The van der Waals surface area contributed by atoms with Crippen LogP contribution >= 0.6 is 0 Å². The van der Waals surface area contributed by atoms with E-state index in [0.29, 0.717) is 17.7 Å². The molecular weight excluding hydrogens is 365 g/mol. The van der Waals surface area contributed by atoms with Gasteiger partial charge >= 0.3 is 0 Å². The summed E-state index contributed by atoms with van der Waals surface area (Å²) in [5.74, 6) is 3.24. The lowest BCUT2D eigenvalue weighted by molar-refractivity contribution is 0.603. The van der Waals surface area contributed by atoms with Gasteiger partial charge in [0.25, 0.3) is 0 Å². The van der Waals surface area contributed by atoms with E-state index in [2.05, 4.69) is 44.9 Å². The summed E-state index contributed by atoms with van der Waals surface area (Å²) in [5.41, 5.74) is 3.09. The molecule has 0 spiro atoms. The van der Waals surface area contributed by atoms with Crippen LogP contribution in [0.4, 0.5) is 10.2 Å². The van der Waals surface area contributed by atoms with Crippen LogP contribution in [0.2, 0.25) is 0 Å². The number of halogens is 1. The molecule has 1 aromatic heterocycles. The van der Waals surface area contributed by atoms with Gasteiger partial charge in [0.15, 0.2) is 17.6 Å². The minimum absolute atomic E-state index is 0.241. The molecule has 2 N–H and O–H groups in total. The molecule has 0 bridgehead atoms. The quantitative estimate of drug-likeness (QED) is 0.620. The summed E-state index contributed by atoms with van der Waals surface area (Å²) < 4.78 is 14.0. The molecule has 4 atom stereocenters. The van der Waals surface area contributed by atoms with E-state index < -0.39 is 0 Å². The lowest BCUT2D eigenvalue weighted by Crippen LogP contribution is -2.45. The first-order chi connectivity index (χ1) is 14.2. The van der Waals surface area contributed by atoms with Gasteiger partial charge in [-0.25, -0.2) is 9.37 Å². The minimum atomic E-state index is -0.257. The Morgan fingerprint density at radius 2 is 2.14 bits per heavy atom. The van der Waals surface area contributed by atoms with Crippen molar-refractivity contribution in [3.8, 4) is 0 Å². The number of hydrogen-bond donors (Lipinski definition) is 2. The van der Waals surface area contributed by atoms with Crippen molar-refractivity contribution in [3.63, 3.8) is 0 Å². The van der Waals surface area contributed by atoms with Gasteiger partial charge in [0.05, 0.1) is 0 Å². The first kappa shape index (κ1) is 18.4. The monoisotopic (exact) mass is 393 g/mol. The van der Waals surface area contributed by atoms with E-state index in [0.717, 1.165) is 37.9 Å². The molecular formula is C23H28FN5. The zero-order chi connectivity index (χ0) is 19.8. The number of nitrogens with zero attached hydrogens (tertiary/aromatic N) is 3. The molecule has 6 heteroatoms. The standard InChI is InChI=1S/C23H28FN5/c1-25-23(28-16-10-12-29(14-16)22-20(24)7-4-11-26-22)27-13-19-18-9-8-15-5-2-3-6-17(15)21(18)19/h2-7,11,16,18-19,21H,8-10,12-14H2,1H3,(H2,25,27,28). The molecule has 152 valence electrons. The fourth-order valence-electron chi connectivity index (χ4n) is 5.27. The Labute approximate surface area is 171 Å². The maximum absolute atomic E-state index is 14.0. The van der Waals surface area contributed by atoms with Crippen LogP contribution in [0, 0.1) is 17.7 Å². The van der Waals surface area contributed by atoms with Crippen molar-refractivity contribution in [3.05, 3.63) is 59.5 Å². The highest BCUT2D eigenvalue weighted by molar-refractivity contribution is 5.80. The average Bonchev–Trinajstić information content (AvgIpc) is 3.28. The Balaban J connectivity index is 1.15. The number of hydrogen-bond acceptors (Lipinski definition) is 3. The molecule has 1 aliphatic heterocycles. The number of benzene rings is 1. The Kier molecular flexibility index (Phi) is 4.86. The Bertz CT molecular complexity index is 914. The molecule has 0 amide bonds. The molecule has 2 heterocycles. The van der Waals surface area contributed by atoms with Crippen molar-refractivity contribution in [2.75, 3.05) is 31.6 Å². The largest absolute Gasteiger partial charge is 0.356 e. The summed E-state index contributed by atoms with van der Waals surface area (Å²) in [5, 5.41) is 7.06. The number of aromatic nitrogens is 1. The summed E-state index contributed by atoms with van der Waals surface area (Å²) in [6, 6.07) is 12.3. The summed E-state index contributed by atoms with van der Waals surface area (Å²) in [7, 11) is 1.82. The predicted molar refractivity (Wildman–Crippen MR) is 114 cm³/mol. The first-order valence-electron chi connectivity index (χ1n) is 10.6. The molecule has 2 aromatic rings. The number of rotatable bonds is 4. The number of guanidine groups is 1. The van der Waals surface area contributed by atoms with E-state index in [9.17, 15) is 4.39 Å². The third-order valence-corrected chi connectivity index (χ3v) is 6.79. The summed E-state index contributed by atoms with van der Waals surface area (Å²) >= 11 is 0. The van der Waals surface area contributed by atoms with E-state index in [-0.39, 0.29) is 11.9 Å². The van der Waals surface area contributed by atoms with Crippen molar-refractivity contribution in [1.29, 1.82) is 0 Å². The van der Waals surface area contributed by atoms with E-state index in [1.54, 1.807) is 17.8 Å². The van der Waals surface area contributed by atoms with Crippen molar-refractivity contribution >= 4 is 11.8 Å². The first-order valence-corrected chi connectivity index (χ1v) is 10.6. The fourth-order valence-corrected chi connectivity index (χ4v) is 5.27. The van der Waals surface area contributed by atoms with Gasteiger partial charge in [0.2, 0.25) is 0 Å². The number of aliphatic imine (C=N–C) groups is 1. The fraction of sp³-hybridized carbons (Fsp3) is 0.478. The van der Waals surface area contributed by atoms with E-state index in [1.165, 1.54) is 24.5 Å². The zero-order valence-corrected chi connectivity index (χ0v) is 16.8. The number of pyridine rings is 1. The van der Waals surface area contributed by atoms with Crippen molar-refractivity contribution in [2.24, 2.45) is 16.8 Å². The number of aryl methyl sites for hydroxylation is 1. The van der Waals surface area contributed by atoms with Gasteiger partial charge in [-0.05, 0) is 60.3 Å². The number of fused-ring (bicyclic) bond motifs is 3. The highest BCUT2D eigenvalue weighted by atomic mass is 19.1. The summed E-state index contributed by atoms with van der Waals surface area (Å²) in [6.45, 7) is 2.48. The SMILES string of the molecule is CN=C(NCC1C2CCc3ccccc3C21)NC1CCN(c2ncccc2F)C1. The highest BCUT2D eigenvalue weighted by Gasteiger charge is 2.52. The van der Waals surface area contributed by atoms with Crippen LogP contribution in [0.5, 0.6) is 0 Å². The van der Waals surface area contributed by atoms with E-state index in [4.69, 9.17) is 0 Å². The Hall–Kier alpha value is -2.63. The van der Waals surface area contributed by atoms with Crippen LogP contribution in [-0.4, -0.2) is 43.7 Å². The number of nitrogens with one attached hydrogen (secondary N) is 2. The lowest BCUT2D eigenvalue weighted by atomic mass is 9.92. The van der Waals surface area contributed by atoms with Gasteiger partial charge in [-0.3, -0.25) is 4.99 Å².